The molecule has 3 aromatic carbocycles. The highest BCUT2D eigenvalue weighted by Crippen LogP contribution is 2.24. The number of ether oxygens (including phenoxy) is 2. The zero-order valence-corrected chi connectivity index (χ0v) is 18.7. The molecular weight excluding hydrogens is 418 g/mol. The highest BCUT2D eigenvalue weighted by molar-refractivity contribution is 6.04. The minimum atomic E-state index is -0.351. The quantitative estimate of drug-likeness (QED) is 0.471. The molecule has 4 aromatic rings. The van der Waals surface area contributed by atoms with Crippen molar-refractivity contribution in [1.82, 2.24) is 15.1 Å². The fraction of sp³-hybridized carbons (Fsp3) is 0.192. The molecule has 0 aliphatic carbocycles. The second-order valence-corrected chi connectivity index (χ2v) is 7.67. The molecule has 0 fully saturated rings. The van der Waals surface area contributed by atoms with Gasteiger partial charge in [-0.15, -0.1) is 0 Å². The summed E-state index contributed by atoms with van der Waals surface area (Å²) in [5.74, 6) is 1.15. The Morgan fingerprint density at radius 1 is 0.909 bits per heavy atom. The van der Waals surface area contributed by atoms with Gasteiger partial charge in [0.15, 0.2) is 5.69 Å². The molecule has 0 aliphatic rings. The van der Waals surface area contributed by atoms with Gasteiger partial charge in [0, 0.05) is 12.4 Å². The molecule has 4 rings (SSSR count). The molecule has 33 heavy (non-hydrogen) atoms. The van der Waals surface area contributed by atoms with Crippen LogP contribution in [0.3, 0.4) is 0 Å². The Bertz CT molecular complexity index is 1330. The van der Waals surface area contributed by atoms with Gasteiger partial charge in [0.2, 0.25) is 0 Å². The summed E-state index contributed by atoms with van der Waals surface area (Å²) in [5.41, 5.74) is 1.93. The van der Waals surface area contributed by atoms with E-state index in [2.05, 4.69) is 10.4 Å². The predicted octanol–water partition coefficient (Wildman–Crippen LogP) is 3.66. The van der Waals surface area contributed by atoms with Gasteiger partial charge >= 0.3 is 0 Å². The summed E-state index contributed by atoms with van der Waals surface area (Å²) in [4.78, 5) is 25.8. The van der Waals surface area contributed by atoms with Crippen LogP contribution in [-0.4, -0.2) is 29.9 Å². The minimum Gasteiger partial charge on any atom is -0.497 e. The first-order chi connectivity index (χ1) is 16.0. The van der Waals surface area contributed by atoms with Crippen molar-refractivity contribution in [3.63, 3.8) is 0 Å². The van der Waals surface area contributed by atoms with Crippen molar-refractivity contribution in [1.29, 1.82) is 0 Å². The van der Waals surface area contributed by atoms with Crippen LogP contribution in [0.25, 0.3) is 10.8 Å². The number of benzene rings is 3. The van der Waals surface area contributed by atoms with Gasteiger partial charge in [-0.05, 0) is 47.9 Å². The summed E-state index contributed by atoms with van der Waals surface area (Å²) in [6.45, 7) is 0. The molecule has 0 aliphatic heterocycles. The van der Waals surface area contributed by atoms with Crippen LogP contribution in [-0.2, 0) is 13.5 Å². The maximum atomic E-state index is 13.4. The van der Waals surface area contributed by atoms with Gasteiger partial charge in [0.05, 0.1) is 25.6 Å². The third-order valence-electron chi connectivity index (χ3n) is 5.59. The van der Waals surface area contributed by atoms with Gasteiger partial charge in [-0.1, -0.05) is 42.5 Å². The number of amides is 1. The van der Waals surface area contributed by atoms with Crippen molar-refractivity contribution in [3.05, 3.63) is 100.0 Å². The molecule has 1 amide bonds. The Hall–Kier alpha value is -4.13. The SMILES string of the molecule is COc1ccc(C[C@H](NC(=O)c2nn(C)c(=O)c3ccccc23)c2ccc(OC)cc2)cc1. The van der Waals surface area contributed by atoms with Crippen molar-refractivity contribution < 1.29 is 14.3 Å². The lowest BCUT2D eigenvalue weighted by molar-refractivity contribution is 0.0931. The molecule has 7 nitrogen and oxygen atoms in total. The first kappa shape index (κ1) is 22.1. The fourth-order valence-electron chi connectivity index (χ4n) is 3.78. The van der Waals surface area contributed by atoms with E-state index < -0.39 is 0 Å². The highest BCUT2D eigenvalue weighted by Gasteiger charge is 2.21. The average Bonchev–Trinajstić information content (AvgIpc) is 2.86. The lowest BCUT2D eigenvalue weighted by atomic mass is 9.98. The van der Waals surface area contributed by atoms with E-state index in [1.54, 1.807) is 45.5 Å². The number of aryl methyl sites for hydroxylation is 1. The molecule has 1 heterocycles. The largest absolute Gasteiger partial charge is 0.497 e. The Labute approximate surface area is 191 Å². The highest BCUT2D eigenvalue weighted by atomic mass is 16.5. The van der Waals surface area contributed by atoms with Crippen molar-refractivity contribution in [2.75, 3.05) is 14.2 Å². The van der Waals surface area contributed by atoms with Crippen molar-refractivity contribution in [3.8, 4) is 11.5 Å². The summed E-state index contributed by atoms with van der Waals surface area (Å²) in [7, 11) is 4.78. The monoisotopic (exact) mass is 443 g/mol. The van der Waals surface area contributed by atoms with Crippen LogP contribution >= 0.6 is 0 Å². The zero-order valence-electron chi connectivity index (χ0n) is 18.7. The van der Waals surface area contributed by atoms with Gasteiger partial charge in [-0.2, -0.15) is 5.10 Å². The van der Waals surface area contributed by atoms with Gasteiger partial charge in [0.25, 0.3) is 11.5 Å². The fourth-order valence-corrected chi connectivity index (χ4v) is 3.78. The van der Waals surface area contributed by atoms with Crippen LogP contribution in [0.5, 0.6) is 11.5 Å². The maximum Gasteiger partial charge on any atom is 0.274 e. The van der Waals surface area contributed by atoms with Crippen LogP contribution in [0.1, 0.15) is 27.7 Å². The van der Waals surface area contributed by atoms with E-state index in [1.807, 2.05) is 48.5 Å². The van der Waals surface area contributed by atoms with Crippen molar-refractivity contribution >= 4 is 16.7 Å². The summed E-state index contributed by atoms with van der Waals surface area (Å²) in [5, 5.41) is 8.35. The van der Waals surface area contributed by atoms with E-state index in [1.165, 1.54) is 4.68 Å². The first-order valence-corrected chi connectivity index (χ1v) is 10.5. The molecule has 1 atom stereocenters. The third kappa shape index (κ3) is 4.72. The van der Waals surface area contributed by atoms with Crippen molar-refractivity contribution in [2.24, 2.45) is 7.05 Å². The van der Waals surface area contributed by atoms with E-state index in [-0.39, 0.29) is 23.2 Å². The number of carbonyl (C=O) groups excluding carboxylic acids is 1. The molecule has 0 saturated heterocycles. The molecule has 0 radical (unpaired) electrons. The minimum absolute atomic E-state index is 0.209. The van der Waals surface area contributed by atoms with Gasteiger partial charge in [-0.25, -0.2) is 4.68 Å². The number of aromatic nitrogens is 2. The molecular formula is C26H25N3O4. The smallest absolute Gasteiger partial charge is 0.274 e. The molecule has 0 spiro atoms. The lowest BCUT2D eigenvalue weighted by Gasteiger charge is -2.20. The molecule has 0 bridgehead atoms. The zero-order chi connectivity index (χ0) is 23.4. The topological polar surface area (TPSA) is 82.5 Å². The lowest BCUT2D eigenvalue weighted by Crippen LogP contribution is -2.33. The van der Waals surface area contributed by atoms with Crippen LogP contribution in [0.4, 0.5) is 0 Å². The Morgan fingerprint density at radius 2 is 1.48 bits per heavy atom. The normalized spacial score (nSPS) is 11.7. The summed E-state index contributed by atoms with van der Waals surface area (Å²) in [6, 6.07) is 22.0. The number of hydrogen-bond acceptors (Lipinski definition) is 5. The number of hydrogen-bond donors (Lipinski definition) is 1. The number of fused-ring (bicyclic) bond motifs is 1. The van der Waals surface area contributed by atoms with Gasteiger partial charge in [-0.3, -0.25) is 9.59 Å². The van der Waals surface area contributed by atoms with E-state index in [0.29, 0.717) is 17.2 Å². The van der Waals surface area contributed by atoms with E-state index in [4.69, 9.17) is 9.47 Å². The summed E-state index contributed by atoms with van der Waals surface area (Å²) >= 11 is 0. The maximum absolute atomic E-state index is 13.4. The predicted molar refractivity (Wildman–Crippen MR) is 127 cm³/mol. The number of methoxy groups -OCH3 is 2. The van der Waals surface area contributed by atoms with Crippen LogP contribution in [0.2, 0.25) is 0 Å². The van der Waals surface area contributed by atoms with E-state index in [0.717, 1.165) is 22.6 Å². The van der Waals surface area contributed by atoms with Crippen LogP contribution in [0, 0.1) is 0 Å². The molecule has 0 saturated carbocycles. The number of rotatable bonds is 7. The molecule has 7 heteroatoms. The number of nitrogens with one attached hydrogen (secondary N) is 1. The first-order valence-electron chi connectivity index (χ1n) is 10.5. The number of nitrogens with zero attached hydrogens (tertiary/aromatic N) is 2. The van der Waals surface area contributed by atoms with Crippen molar-refractivity contribution in [2.45, 2.75) is 12.5 Å². The Balaban J connectivity index is 1.69. The molecule has 0 unspecified atom stereocenters. The average molecular weight is 444 g/mol. The summed E-state index contributed by atoms with van der Waals surface area (Å²) in [6.07, 6.45) is 0.561. The molecule has 168 valence electrons. The second kappa shape index (κ2) is 9.56. The van der Waals surface area contributed by atoms with Crippen LogP contribution < -0.4 is 20.3 Å². The van der Waals surface area contributed by atoms with Gasteiger partial charge < -0.3 is 14.8 Å². The van der Waals surface area contributed by atoms with E-state index >= 15 is 0 Å². The Morgan fingerprint density at radius 3 is 2.09 bits per heavy atom. The van der Waals surface area contributed by atoms with Gasteiger partial charge in [0.1, 0.15) is 11.5 Å². The standard InChI is InChI=1S/C26H25N3O4/c1-29-26(31)22-7-5-4-6-21(22)24(28-29)25(30)27-23(18-10-14-20(33-3)15-11-18)16-17-8-12-19(32-2)13-9-17/h4-15,23H,16H2,1-3H3,(H,27,30)/t23-/m0/s1. The van der Waals surface area contributed by atoms with Crippen LogP contribution in [0.15, 0.2) is 77.6 Å². The molecule has 1 aromatic heterocycles. The Kier molecular flexibility index (Phi) is 6.40. The second-order valence-electron chi connectivity index (χ2n) is 7.67. The number of carbonyl (C=O) groups is 1. The summed E-state index contributed by atoms with van der Waals surface area (Å²) < 4.78 is 11.7. The van der Waals surface area contributed by atoms with E-state index in [9.17, 15) is 9.59 Å². The molecule has 1 N–H and O–H groups in total. The third-order valence-corrected chi connectivity index (χ3v) is 5.59.